The fourth-order valence-electron chi connectivity index (χ4n) is 0.713. The van der Waals surface area contributed by atoms with Crippen molar-refractivity contribution in [3.8, 4) is 0 Å². The molecule has 1 N–H and O–H groups in total. The van der Waals surface area contributed by atoms with Crippen LogP contribution in [0.3, 0.4) is 0 Å². The minimum atomic E-state index is -0.835. The summed E-state index contributed by atoms with van der Waals surface area (Å²) in [6.45, 7) is 1.08. The summed E-state index contributed by atoms with van der Waals surface area (Å²) in [5.74, 6) is -0.833. The molecule has 0 bridgehead atoms. The number of para-hydroxylation sites is 1. The smallest absolute Gasteiger partial charge is 0.481 e. The first-order valence-corrected chi connectivity index (χ1v) is 3.85. The van der Waals surface area contributed by atoms with Crippen molar-refractivity contribution in [2.45, 2.75) is 6.92 Å². The van der Waals surface area contributed by atoms with Crippen LogP contribution in [-0.2, 0) is 27.2 Å². The van der Waals surface area contributed by atoms with Crippen molar-refractivity contribution in [2.24, 2.45) is 0 Å². The van der Waals surface area contributed by atoms with Crippen LogP contribution < -0.4 is 0 Å². The third-order valence-electron chi connectivity index (χ3n) is 1.19. The van der Waals surface area contributed by atoms with Crippen molar-refractivity contribution in [1.82, 2.24) is 0 Å². The fourth-order valence-corrected chi connectivity index (χ4v) is 0.713. The van der Waals surface area contributed by atoms with Crippen LogP contribution in [0, 0.1) is 26.3 Å². The summed E-state index contributed by atoms with van der Waals surface area (Å²) in [5.41, 5.74) is -1.15. The Morgan fingerprint density at radius 1 is 1.35 bits per heavy atom. The van der Waals surface area contributed by atoms with E-state index in [1.54, 1.807) is 0 Å². The van der Waals surface area contributed by atoms with E-state index in [9.17, 15) is 20.2 Å². The number of carboxylic acids is 1. The predicted molar refractivity (Wildman–Crippen MR) is 51.9 cm³/mol. The minimum Gasteiger partial charge on any atom is -0.481 e. The maximum absolute atomic E-state index is 10.2. The van der Waals surface area contributed by atoms with Crippen molar-refractivity contribution in [2.75, 3.05) is 0 Å². The van der Waals surface area contributed by atoms with Crippen LogP contribution in [0.25, 0.3) is 0 Å². The van der Waals surface area contributed by atoms with E-state index in [4.69, 9.17) is 9.90 Å². The number of aliphatic carboxylic acids is 1. The maximum atomic E-state index is 10.2. The molecule has 17 heavy (non-hydrogen) atoms. The quantitative estimate of drug-likeness (QED) is 0.377. The Bertz CT molecular complexity index is 385. The molecule has 0 fully saturated rings. The van der Waals surface area contributed by atoms with Gasteiger partial charge in [-0.3, -0.25) is 25.0 Å². The zero-order valence-corrected chi connectivity index (χ0v) is 9.90. The summed E-state index contributed by atoms with van der Waals surface area (Å²) in [4.78, 5) is 27.8. The minimum absolute atomic E-state index is 0. The molecule has 0 aliphatic carbocycles. The molecule has 1 aromatic carbocycles. The standard InChI is InChI=1S/C6H3N2O4.C2H4O2.Ag/c9-7(10)5-3-1-2-4-6(5)8(11)12;1-2(3)4;/h1-3H;1H3,(H,3,4);/q-1;;+1. The van der Waals surface area contributed by atoms with Gasteiger partial charge in [-0.15, -0.1) is 0 Å². The summed E-state index contributed by atoms with van der Waals surface area (Å²) in [5, 5.41) is 27.8. The Morgan fingerprint density at radius 3 is 2.12 bits per heavy atom. The molecule has 96 valence electrons. The summed E-state index contributed by atoms with van der Waals surface area (Å²) < 4.78 is 0. The van der Waals surface area contributed by atoms with Crippen molar-refractivity contribution < 1.29 is 42.1 Å². The van der Waals surface area contributed by atoms with E-state index in [-0.39, 0.29) is 22.4 Å². The molecule has 0 saturated carbocycles. The molecule has 0 unspecified atom stereocenters. The van der Waals surface area contributed by atoms with Gasteiger partial charge in [0.25, 0.3) is 5.97 Å². The summed E-state index contributed by atoms with van der Waals surface area (Å²) in [6.07, 6.45) is 0. The summed E-state index contributed by atoms with van der Waals surface area (Å²) >= 11 is 0. The first-order valence-electron chi connectivity index (χ1n) is 3.85. The van der Waals surface area contributed by atoms with Gasteiger partial charge in [0.1, 0.15) is 0 Å². The number of rotatable bonds is 2. The van der Waals surface area contributed by atoms with Crippen LogP contribution in [0.1, 0.15) is 6.92 Å². The molecule has 0 spiro atoms. The molecular weight excluding hydrogens is 328 g/mol. The Hall–Kier alpha value is -1.77. The van der Waals surface area contributed by atoms with Crippen molar-refractivity contribution in [1.29, 1.82) is 0 Å². The predicted octanol–water partition coefficient (Wildman–Crippen LogP) is 1.39. The zero-order chi connectivity index (χ0) is 12.7. The molecule has 0 radical (unpaired) electrons. The van der Waals surface area contributed by atoms with E-state index in [1.807, 2.05) is 0 Å². The third-order valence-corrected chi connectivity index (χ3v) is 1.19. The number of hydrogen-bond acceptors (Lipinski definition) is 5. The second-order valence-corrected chi connectivity index (χ2v) is 2.44. The number of carboxylic acid groups (broad SMARTS) is 1. The van der Waals surface area contributed by atoms with Gasteiger partial charge in [-0.2, -0.15) is 12.1 Å². The molecular formula is C8H7AgN2O6. The van der Waals surface area contributed by atoms with Gasteiger partial charge in [0, 0.05) is 16.8 Å². The number of nitrogens with zero attached hydrogens (tertiary/aromatic N) is 2. The molecule has 0 amide bonds. The van der Waals surface area contributed by atoms with Crippen molar-refractivity contribution in [3.05, 3.63) is 44.5 Å². The third kappa shape index (κ3) is 7.17. The Kier molecular flexibility index (Phi) is 8.70. The van der Waals surface area contributed by atoms with E-state index in [2.05, 4.69) is 6.07 Å². The SMILES string of the molecule is CC(=O)O.O=[N+]([O-])c1[c-]cccc1[N+](=O)[O-].[Ag+]. The van der Waals surface area contributed by atoms with Crippen LogP contribution in [0.4, 0.5) is 11.4 Å². The zero-order valence-electron chi connectivity index (χ0n) is 8.42. The topological polar surface area (TPSA) is 124 Å². The molecule has 1 aromatic rings. The van der Waals surface area contributed by atoms with Gasteiger partial charge in [-0.1, -0.05) is 12.1 Å². The van der Waals surface area contributed by atoms with Gasteiger partial charge in [-0.05, 0) is 0 Å². The molecule has 0 aliphatic rings. The molecule has 0 atom stereocenters. The van der Waals surface area contributed by atoms with E-state index in [0.717, 1.165) is 13.0 Å². The second kappa shape index (κ2) is 8.39. The van der Waals surface area contributed by atoms with Gasteiger partial charge < -0.3 is 5.11 Å². The van der Waals surface area contributed by atoms with E-state index >= 15 is 0 Å². The first-order chi connectivity index (χ1) is 7.36. The number of hydrogen-bond donors (Lipinski definition) is 1. The van der Waals surface area contributed by atoms with Crippen LogP contribution >= 0.6 is 0 Å². The van der Waals surface area contributed by atoms with E-state index in [1.165, 1.54) is 12.1 Å². The van der Waals surface area contributed by atoms with Crippen LogP contribution in [0.15, 0.2) is 18.2 Å². The van der Waals surface area contributed by atoms with Gasteiger partial charge in [-0.25, -0.2) is 0 Å². The number of benzene rings is 1. The average Bonchev–Trinajstić information content (AvgIpc) is 2.16. The number of carbonyl (C=O) groups is 1. The summed E-state index contributed by atoms with van der Waals surface area (Å²) in [7, 11) is 0. The molecule has 0 aromatic heterocycles. The monoisotopic (exact) mass is 334 g/mol. The average molecular weight is 335 g/mol. The van der Waals surface area contributed by atoms with Crippen LogP contribution in [0.5, 0.6) is 0 Å². The van der Waals surface area contributed by atoms with Crippen molar-refractivity contribution in [3.63, 3.8) is 0 Å². The van der Waals surface area contributed by atoms with Crippen LogP contribution in [-0.4, -0.2) is 20.9 Å². The summed E-state index contributed by atoms with van der Waals surface area (Å²) in [6, 6.07) is 5.82. The molecule has 8 nitrogen and oxygen atoms in total. The maximum Gasteiger partial charge on any atom is 1.00 e. The molecule has 1 rings (SSSR count). The van der Waals surface area contributed by atoms with Gasteiger partial charge >= 0.3 is 22.4 Å². The molecule has 0 saturated heterocycles. The fraction of sp³-hybridized carbons (Fsp3) is 0.125. The van der Waals surface area contributed by atoms with E-state index in [0.29, 0.717) is 0 Å². The Labute approximate surface area is 111 Å². The second-order valence-electron chi connectivity index (χ2n) is 2.44. The Balaban J connectivity index is 0. The first kappa shape index (κ1) is 17.6. The van der Waals surface area contributed by atoms with Gasteiger partial charge in [0.05, 0.1) is 0 Å². The molecule has 9 heteroatoms. The van der Waals surface area contributed by atoms with Gasteiger partial charge in [0.2, 0.25) is 11.4 Å². The number of nitro benzene ring substituents is 2. The Morgan fingerprint density at radius 2 is 1.82 bits per heavy atom. The molecule has 0 aliphatic heterocycles. The molecule has 0 heterocycles. The van der Waals surface area contributed by atoms with Gasteiger partial charge in [0.15, 0.2) is 0 Å². The van der Waals surface area contributed by atoms with Crippen molar-refractivity contribution >= 4 is 17.3 Å². The van der Waals surface area contributed by atoms with E-state index < -0.39 is 27.2 Å². The largest absolute Gasteiger partial charge is 1.00 e. The van der Waals surface area contributed by atoms with Crippen LogP contribution in [0.2, 0.25) is 0 Å². The number of nitro groups is 2. The normalized spacial score (nSPS) is 8.06.